The maximum Gasteiger partial charge on any atom is 0.0691 e. The lowest BCUT2D eigenvalue weighted by Gasteiger charge is -2.27. The molecule has 5 heteroatoms. The van der Waals surface area contributed by atoms with Crippen molar-refractivity contribution in [3.05, 3.63) is 322 Å². The summed E-state index contributed by atoms with van der Waals surface area (Å²) in [5, 5.41) is 0. The van der Waals surface area contributed by atoms with Gasteiger partial charge < -0.3 is 25.3 Å². The number of hydrogen-bond donors (Lipinski definition) is 1. The molecule has 0 fully saturated rings. The lowest BCUT2D eigenvalue weighted by molar-refractivity contribution is 1.28. The third-order valence-corrected chi connectivity index (χ3v) is 14.0. The summed E-state index contributed by atoms with van der Waals surface area (Å²) in [7, 11) is 0. The smallest absolute Gasteiger partial charge is 0.0691 e. The Labute approximate surface area is 451 Å². The quantitative estimate of drug-likeness (QED) is 0.104. The molecule has 0 aliphatic heterocycles. The number of rotatable bonds is 15. The molecule has 0 radical (unpaired) electrons. The molecule has 77 heavy (non-hydrogen) atoms. The summed E-state index contributed by atoms with van der Waals surface area (Å²) in [6.07, 6.45) is 0. The zero-order valence-electron chi connectivity index (χ0n) is 42.5. The molecule has 0 saturated heterocycles. The fourth-order valence-corrected chi connectivity index (χ4v) is 10.2. The van der Waals surface area contributed by atoms with Crippen molar-refractivity contribution < 1.29 is 0 Å². The van der Waals surface area contributed by atoms with Crippen molar-refractivity contribution in [2.75, 3.05) is 25.3 Å². The van der Waals surface area contributed by atoms with Gasteiger partial charge in [0.25, 0.3) is 0 Å². The Hall–Kier alpha value is -10.4. The Morgan fingerprint density at radius 3 is 0.532 bits per heavy atom. The van der Waals surface area contributed by atoms with E-state index in [4.69, 9.17) is 5.73 Å². The van der Waals surface area contributed by atoms with E-state index < -0.39 is 0 Å². The van der Waals surface area contributed by atoms with Crippen LogP contribution in [0.25, 0.3) is 33.4 Å². The summed E-state index contributed by atoms with van der Waals surface area (Å²) in [5.41, 5.74) is 27.1. The average molecular weight is 990 g/mol. The van der Waals surface area contributed by atoms with Crippen LogP contribution in [0.2, 0.25) is 0 Å². The molecule has 0 bridgehead atoms. The lowest BCUT2D eigenvalue weighted by Crippen LogP contribution is -2.12. The van der Waals surface area contributed by atoms with E-state index >= 15 is 0 Å². The van der Waals surface area contributed by atoms with E-state index in [-0.39, 0.29) is 0 Å². The molecule has 0 amide bonds. The summed E-state index contributed by atoms with van der Waals surface area (Å²) < 4.78 is 0. The molecule has 0 atom stereocenters. The first-order valence-corrected chi connectivity index (χ1v) is 26.0. The fourth-order valence-electron chi connectivity index (χ4n) is 10.2. The summed E-state index contributed by atoms with van der Waals surface area (Å²) in [6, 6.07) is 113. The molecule has 0 spiro atoms. The molecule has 0 aromatic heterocycles. The average Bonchev–Trinajstić information content (AvgIpc) is 3.52. The molecule has 5 nitrogen and oxygen atoms in total. The zero-order chi connectivity index (χ0) is 51.8. The third-order valence-electron chi connectivity index (χ3n) is 14.0. The van der Waals surface area contributed by atoms with E-state index in [0.717, 1.165) is 102 Å². The van der Waals surface area contributed by atoms with Crippen molar-refractivity contribution in [3.63, 3.8) is 0 Å². The predicted octanol–water partition coefficient (Wildman–Crippen LogP) is 20.1. The van der Waals surface area contributed by atoms with Crippen LogP contribution in [-0.2, 0) is 0 Å². The highest BCUT2D eigenvalue weighted by molar-refractivity contribution is 5.87. The second-order valence-corrected chi connectivity index (χ2v) is 18.9. The van der Waals surface area contributed by atoms with Crippen LogP contribution in [0, 0.1) is 0 Å². The largest absolute Gasteiger partial charge is 0.397 e. The highest BCUT2D eigenvalue weighted by atomic mass is 15.2. The highest BCUT2D eigenvalue weighted by Crippen LogP contribution is 2.42. The second kappa shape index (κ2) is 22.0. The summed E-state index contributed by atoms with van der Waals surface area (Å²) in [6.45, 7) is 0. The summed E-state index contributed by atoms with van der Waals surface area (Å²) in [5.74, 6) is 0. The van der Waals surface area contributed by atoms with E-state index in [2.05, 4.69) is 323 Å². The van der Waals surface area contributed by atoms with E-state index in [1.807, 2.05) is 18.2 Å². The lowest BCUT2D eigenvalue weighted by atomic mass is 10.0. The zero-order valence-corrected chi connectivity index (χ0v) is 42.5. The number of anilines is 13. The molecule has 12 aromatic rings. The Bertz CT molecular complexity index is 3720. The van der Waals surface area contributed by atoms with Gasteiger partial charge in [-0.1, -0.05) is 176 Å². The van der Waals surface area contributed by atoms with Crippen LogP contribution in [0.5, 0.6) is 0 Å². The van der Waals surface area contributed by atoms with E-state index in [1.165, 1.54) is 0 Å². The minimum Gasteiger partial charge on any atom is -0.397 e. The Morgan fingerprint density at radius 2 is 0.325 bits per heavy atom. The van der Waals surface area contributed by atoms with Gasteiger partial charge in [0, 0.05) is 62.6 Å². The predicted molar refractivity (Wildman–Crippen MR) is 326 cm³/mol. The normalized spacial score (nSPS) is 10.9. The van der Waals surface area contributed by atoms with Crippen molar-refractivity contribution in [2.45, 2.75) is 0 Å². The van der Waals surface area contributed by atoms with Crippen molar-refractivity contribution in [2.24, 2.45) is 0 Å². The van der Waals surface area contributed by atoms with E-state index in [9.17, 15) is 0 Å². The number of para-hydroxylation sites is 7. The fraction of sp³-hybridized carbons (Fsp3) is 0. The molecular weight excluding hydrogens is 935 g/mol. The van der Waals surface area contributed by atoms with Crippen LogP contribution < -0.4 is 25.3 Å². The van der Waals surface area contributed by atoms with E-state index in [1.54, 1.807) is 0 Å². The van der Waals surface area contributed by atoms with Gasteiger partial charge in [-0.2, -0.15) is 0 Å². The minimum atomic E-state index is 0.703. The van der Waals surface area contributed by atoms with Crippen LogP contribution in [0.3, 0.4) is 0 Å². The van der Waals surface area contributed by atoms with Gasteiger partial charge in [-0.3, -0.25) is 0 Å². The minimum absolute atomic E-state index is 0.703. The number of hydrogen-bond acceptors (Lipinski definition) is 5. The summed E-state index contributed by atoms with van der Waals surface area (Å²) in [4.78, 5) is 9.11. The molecule has 0 unspecified atom stereocenters. The van der Waals surface area contributed by atoms with Crippen LogP contribution in [-0.4, -0.2) is 0 Å². The van der Waals surface area contributed by atoms with Gasteiger partial charge in [0.15, 0.2) is 0 Å². The Balaban J connectivity index is 0.781. The van der Waals surface area contributed by atoms with Gasteiger partial charge in [0.1, 0.15) is 0 Å². The molecule has 0 aliphatic rings. The monoisotopic (exact) mass is 989 g/mol. The molecule has 12 aromatic carbocycles. The van der Waals surface area contributed by atoms with Gasteiger partial charge >= 0.3 is 0 Å². The number of nitrogen functional groups attached to an aromatic ring is 1. The van der Waals surface area contributed by atoms with E-state index in [0.29, 0.717) is 5.69 Å². The van der Waals surface area contributed by atoms with Crippen LogP contribution in [0.15, 0.2) is 322 Å². The first-order chi connectivity index (χ1) is 38.1. The Morgan fingerprint density at radius 1 is 0.156 bits per heavy atom. The van der Waals surface area contributed by atoms with Gasteiger partial charge in [-0.25, -0.2) is 0 Å². The maximum absolute atomic E-state index is 6.71. The highest BCUT2D eigenvalue weighted by Gasteiger charge is 2.19. The maximum atomic E-state index is 6.71. The van der Waals surface area contributed by atoms with Crippen LogP contribution >= 0.6 is 0 Å². The molecule has 368 valence electrons. The van der Waals surface area contributed by atoms with Crippen molar-refractivity contribution >= 4 is 73.9 Å². The van der Waals surface area contributed by atoms with Crippen molar-refractivity contribution in [3.8, 4) is 33.4 Å². The molecule has 12 rings (SSSR count). The topological polar surface area (TPSA) is 39.0 Å². The molecule has 0 heterocycles. The molecule has 0 aliphatic carbocycles. The third kappa shape index (κ3) is 10.3. The molecule has 0 saturated carbocycles. The number of nitrogens with two attached hydrogens (primary N) is 1. The standard InChI is InChI=1S/C72H55N5/c73-71-28-16-17-29-72(71)77(69-50-38-58(39-51-69)56-32-44-66(45-33-56)75(62-22-10-3-11-23-62)63-24-12-4-13-25-63)70-52-40-59(41-53-70)57-36-48-68(49-37-57)76(64-26-14-5-15-27-64)67-46-34-55(35-47-67)54-30-42-65(43-31-54)74(60-18-6-1-7-19-60)61-20-8-2-9-21-61/h1-53H,73H2. The number of nitrogens with zero attached hydrogens (tertiary/aromatic N) is 4. The van der Waals surface area contributed by atoms with Crippen LogP contribution in [0.4, 0.5) is 73.9 Å². The Kier molecular flexibility index (Phi) is 13.6. The van der Waals surface area contributed by atoms with Crippen LogP contribution in [0.1, 0.15) is 0 Å². The van der Waals surface area contributed by atoms with Crippen molar-refractivity contribution in [1.82, 2.24) is 0 Å². The SMILES string of the molecule is Nc1ccccc1N(c1ccc(-c2ccc(N(c3ccccc3)c3ccccc3)cc2)cc1)c1ccc(-c2ccc(N(c3ccccc3)c3ccc(-c4ccc(N(c5ccccc5)c5ccccc5)cc4)cc3)cc2)cc1. The van der Waals surface area contributed by atoms with Crippen molar-refractivity contribution in [1.29, 1.82) is 0 Å². The second-order valence-electron chi connectivity index (χ2n) is 18.9. The number of benzene rings is 12. The summed E-state index contributed by atoms with van der Waals surface area (Å²) >= 11 is 0. The first-order valence-electron chi connectivity index (χ1n) is 26.0. The van der Waals surface area contributed by atoms with Gasteiger partial charge in [0.2, 0.25) is 0 Å². The first kappa shape index (κ1) is 47.6. The van der Waals surface area contributed by atoms with Gasteiger partial charge in [-0.15, -0.1) is 0 Å². The molecular formula is C72H55N5. The van der Waals surface area contributed by atoms with Gasteiger partial charge in [-0.05, 0) is 179 Å². The molecule has 2 N–H and O–H groups in total. The van der Waals surface area contributed by atoms with Gasteiger partial charge in [0.05, 0.1) is 11.4 Å².